The van der Waals surface area contributed by atoms with E-state index in [4.69, 9.17) is 32.7 Å². The van der Waals surface area contributed by atoms with E-state index in [0.29, 0.717) is 33.1 Å². The number of nitrogens with one attached hydrogen (secondary N) is 2. The van der Waals surface area contributed by atoms with Crippen LogP contribution in [0.4, 0.5) is 5.69 Å². The number of phenolic OH excluding ortho intramolecular Hbond substituents is 1. The number of nitrogens with zero attached hydrogens (tertiary/aromatic N) is 1. The smallest absolute Gasteiger partial charge is 0.293 e. The molecular weight excluding hydrogens is 498 g/mol. The van der Waals surface area contributed by atoms with Crippen molar-refractivity contribution in [3.05, 3.63) is 88.6 Å². The molecule has 3 N–H and O–H groups in total. The van der Waals surface area contributed by atoms with E-state index >= 15 is 0 Å². The van der Waals surface area contributed by atoms with Crippen molar-refractivity contribution in [2.75, 3.05) is 5.32 Å². The van der Waals surface area contributed by atoms with Crippen LogP contribution in [0.5, 0.6) is 5.75 Å². The molecule has 0 saturated heterocycles. The number of carbonyl (C=O) groups is 1. The Hall–Kier alpha value is -4.14. The number of carbonyl (C=O) groups excluding carboxylic acids is 1. The number of hydrogen-bond acceptors (Lipinski definition) is 6. The zero-order valence-corrected chi connectivity index (χ0v) is 20.8. The fourth-order valence-electron chi connectivity index (χ4n) is 3.62. The third-order valence-electron chi connectivity index (χ3n) is 5.54. The lowest BCUT2D eigenvalue weighted by Crippen LogP contribution is -2.33. The number of fused-ring (bicyclic) bond motifs is 1. The second-order valence-corrected chi connectivity index (χ2v) is 9.07. The molecular formula is C27H20ClN3O4S. The Morgan fingerprint density at radius 1 is 1.00 bits per heavy atom. The number of benzene rings is 3. The van der Waals surface area contributed by atoms with Gasteiger partial charge in [-0.15, -0.1) is 0 Å². The number of oxazole rings is 1. The Labute approximate surface area is 216 Å². The molecule has 0 aliphatic heterocycles. The summed E-state index contributed by atoms with van der Waals surface area (Å²) in [4.78, 5) is 17.1. The van der Waals surface area contributed by atoms with Gasteiger partial charge in [-0.25, -0.2) is 4.98 Å². The quantitative estimate of drug-likeness (QED) is 0.177. The Bertz CT molecular complexity index is 1640. The first kappa shape index (κ1) is 23.6. The van der Waals surface area contributed by atoms with Gasteiger partial charge in [0.25, 0.3) is 5.91 Å². The van der Waals surface area contributed by atoms with Crippen LogP contribution < -0.4 is 10.6 Å². The van der Waals surface area contributed by atoms with E-state index in [1.54, 1.807) is 30.3 Å². The maximum atomic E-state index is 12.7. The number of hydrogen-bond donors (Lipinski definition) is 3. The van der Waals surface area contributed by atoms with E-state index < -0.39 is 5.91 Å². The molecule has 5 aromatic rings. The van der Waals surface area contributed by atoms with E-state index in [9.17, 15) is 9.90 Å². The fourth-order valence-corrected chi connectivity index (χ4v) is 4.01. The molecule has 5 rings (SSSR count). The van der Waals surface area contributed by atoms with Crippen LogP contribution in [-0.2, 0) is 0 Å². The first-order chi connectivity index (χ1) is 17.3. The topological polar surface area (TPSA) is 101 Å². The van der Waals surface area contributed by atoms with E-state index in [1.165, 1.54) is 6.07 Å². The highest BCUT2D eigenvalue weighted by atomic mass is 35.5. The highest BCUT2D eigenvalue weighted by Crippen LogP contribution is 2.33. The van der Waals surface area contributed by atoms with Crippen molar-refractivity contribution in [3.63, 3.8) is 0 Å². The second kappa shape index (κ2) is 9.49. The zero-order valence-electron chi connectivity index (χ0n) is 19.3. The molecule has 0 fully saturated rings. The molecule has 36 heavy (non-hydrogen) atoms. The van der Waals surface area contributed by atoms with Crippen molar-refractivity contribution < 1.29 is 18.7 Å². The molecule has 2 aromatic heterocycles. The van der Waals surface area contributed by atoms with Gasteiger partial charge < -0.3 is 19.3 Å². The number of aryl methyl sites for hydroxylation is 2. The molecule has 0 spiro atoms. The Morgan fingerprint density at radius 3 is 2.64 bits per heavy atom. The van der Waals surface area contributed by atoms with Gasteiger partial charge in [0, 0.05) is 16.3 Å². The third-order valence-corrected chi connectivity index (χ3v) is 6.15. The average molecular weight is 518 g/mol. The van der Waals surface area contributed by atoms with Crippen LogP contribution in [0.25, 0.3) is 33.9 Å². The molecule has 9 heteroatoms. The minimum Gasteiger partial charge on any atom is -0.507 e. The standard InChI is InChI=1S/C27H20ClN3O4S/c1-14-3-7-20-24(11-14)35-26(30-20)18-13-17(6-8-21(18)32)29-27(36)31-25(33)23-10-9-22(34-23)16-5-4-15(2)19(28)12-16/h3-13,32H,1-2H3,(H2,29,31,33,36). The Balaban J connectivity index is 1.29. The predicted molar refractivity (Wildman–Crippen MR) is 143 cm³/mol. The van der Waals surface area contributed by atoms with Gasteiger partial charge in [0.1, 0.15) is 17.0 Å². The molecule has 0 radical (unpaired) electrons. The van der Waals surface area contributed by atoms with Crippen molar-refractivity contribution in [2.45, 2.75) is 13.8 Å². The summed E-state index contributed by atoms with van der Waals surface area (Å²) < 4.78 is 11.5. The number of furan rings is 1. The van der Waals surface area contributed by atoms with Gasteiger partial charge in [0.15, 0.2) is 16.5 Å². The van der Waals surface area contributed by atoms with E-state index in [0.717, 1.165) is 16.7 Å². The number of phenols is 1. The molecule has 0 bridgehead atoms. The molecule has 0 aliphatic rings. The molecule has 0 unspecified atom stereocenters. The first-order valence-electron chi connectivity index (χ1n) is 11.0. The van der Waals surface area contributed by atoms with Crippen molar-refractivity contribution in [3.8, 4) is 28.5 Å². The molecule has 7 nitrogen and oxygen atoms in total. The predicted octanol–water partition coefficient (Wildman–Crippen LogP) is 6.86. The molecule has 3 aromatic carbocycles. The van der Waals surface area contributed by atoms with Crippen molar-refractivity contribution >= 4 is 51.6 Å². The normalized spacial score (nSPS) is 11.0. The number of aromatic nitrogens is 1. The van der Waals surface area contributed by atoms with Gasteiger partial charge in [0.2, 0.25) is 5.89 Å². The molecule has 0 saturated carbocycles. The van der Waals surface area contributed by atoms with Crippen molar-refractivity contribution in [1.82, 2.24) is 10.3 Å². The molecule has 1 amide bonds. The first-order valence-corrected chi connectivity index (χ1v) is 11.7. The number of aromatic hydroxyl groups is 1. The van der Waals surface area contributed by atoms with Crippen molar-refractivity contribution in [2.24, 2.45) is 0 Å². The molecule has 2 heterocycles. The summed E-state index contributed by atoms with van der Waals surface area (Å²) >= 11 is 11.5. The summed E-state index contributed by atoms with van der Waals surface area (Å²) in [7, 11) is 0. The van der Waals surface area contributed by atoms with Crippen LogP contribution in [0, 0.1) is 13.8 Å². The number of rotatable bonds is 4. The van der Waals surface area contributed by atoms with Gasteiger partial charge in [0.05, 0.1) is 5.56 Å². The van der Waals surface area contributed by atoms with Gasteiger partial charge in [-0.2, -0.15) is 0 Å². The van der Waals surface area contributed by atoms with Crippen LogP contribution in [0.15, 0.2) is 75.6 Å². The van der Waals surface area contributed by atoms with Gasteiger partial charge in [-0.05, 0) is 85.7 Å². The van der Waals surface area contributed by atoms with Crippen LogP contribution in [0.2, 0.25) is 5.02 Å². The second-order valence-electron chi connectivity index (χ2n) is 8.26. The zero-order chi connectivity index (χ0) is 25.4. The third kappa shape index (κ3) is 4.82. The fraction of sp³-hybridized carbons (Fsp3) is 0.0741. The maximum Gasteiger partial charge on any atom is 0.293 e. The Kier molecular flexibility index (Phi) is 6.22. The average Bonchev–Trinajstić information content (AvgIpc) is 3.49. The lowest BCUT2D eigenvalue weighted by Gasteiger charge is -2.10. The maximum absolute atomic E-state index is 12.7. The number of thiocarbonyl (C=S) groups is 1. The van der Waals surface area contributed by atoms with E-state index in [2.05, 4.69) is 15.6 Å². The lowest BCUT2D eigenvalue weighted by molar-refractivity contribution is 0.0951. The number of amides is 1. The van der Waals surface area contributed by atoms with Gasteiger partial charge >= 0.3 is 0 Å². The van der Waals surface area contributed by atoms with Crippen LogP contribution in [-0.4, -0.2) is 21.1 Å². The monoisotopic (exact) mass is 517 g/mol. The summed E-state index contributed by atoms with van der Waals surface area (Å²) in [6.45, 7) is 3.87. The van der Waals surface area contributed by atoms with Crippen LogP contribution >= 0.6 is 23.8 Å². The summed E-state index contributed by atoms with van der Waals surface area (Å²) in [6, 6.07) is 19.2. The molecule has 180 valence electrons. The molecule has 0 aliphatic carbocycles. The van der Waals surface area contributed by atoms with Crippen LogP contribution in [0.1, 0.15) is 21.7 Å². The number of anilines is 1. The SMILES string of the molecule is Cc1ccc2nc(-c3cc(NC(=S)NC(=O)c4ccc(-c5ccc(C)c(Cl)c5)o4)ccc3O)oc2c1. The highest BCUT2D eigenvalue weighted by Gasteiger charge is 2.16. The lowest BCUT2D eigenvalue weighted by atomic mass is 10.1. The minimum atomic E-state index is -0.509. The van der Waals surface area contributed by atoms with E-state index in [1.807, 2.05) is 44.2 Å². The summed E-state index contributed by atoms with van der Waals surface area (Å²) in [5, 5.41) is 16.6. The highest BCUT2D eigenvalue weighted by molar-refractivity contribution is 7.80. The van der Waals surface area contributed by atoms with Crippen LogP contribution in [0.3, 0.4) is 0 Å². The Morgan fingerprint density at radius 2 is 1.83 bits per heavy atom. The van der Waals surface area contributed by atoms with E-state index in [-0.39, 0.29) is 22.5 Å². The minimum absolute atomic E-state index is 0.00175. The summed E-state index contributed by atoms with van der Waals surface area (Å²) in [5.74, 6) is 0.367. The van der Waals surface area contributed by atoms with Crippen molar-refractivity contribution in [1.29, 1.82) is 0 Å². The summed E-state index contributed by atoms with van der Waals surface area (Å²) in [6.07, 6.45) is 0. The summed E-state index contributed by atoms with van der Waals surface area (Å²) in [5.41, 5.74) is 4.97. The molecule has 0 atom stereocenters. The van der Waals surface area contributed by atoms with Gasteiger partial charge in [-0.1, -0.05) is 29.8 Å². The number of halogens is 1. The largest absolute Gasteiger partial charge is 0.507 e. The van der Waals surface area contributed by atoms with Gasteiger partial charge in [-0.3, -0.25) is 10.1 Å².